The van der Waals surface area contributed by atoms with E-state index in [4.69, 9.17) is 15.2 Å². The van der Waals surface area contributed by atoms with E-state index in [-0.39, 0.29) is 0 Å². The molecule has 6 heteroatoms. The maximum Gasteiger partial charge on any atom is 0.312 e. The number of benzene rings is 1. The second kappa shape index (κ2) is 6.84. The van der Waals surface area contributed by atoms with Gasteiger partial charge in [0, 0.05) is 26.1 Å². The number of carbonyl (C=O) groups excluding carboxylic acids is 1. The largest absolute Gasteiger partial charge is 0.490 e. The van der Waals surface area contributed by atoms with Crippen molar-refractivity contribution in [1.82, 2.24) is 10.6 Å². The fourth-order valence-electron chi connectivity index (χ4n) is 1.82. The summed E-state index contributed by atoms with van der Waals surface area (Å²) in [5.74, 6) is 1.60. The number of nitrogens with two attached hydrogens (primary N) is 1. The molecule has 0 saturated carbocycles. The number of primary amides is 1. The van der Waals surface area contributed by atoms with Crippen LogP contribution in [0, 0.1) is 0 Å². The van der Waals surface area contributed by atoms with Crippen molar-refractivity contribution in [1.29, 1.82) is 0 Å². The normalized spacial score (nSPS) is 13.7. The van der Waals surface area contributed by atoms with E-state index in [1.165, 1.54) is 0 Å². The highest BCUT2D eigenvalue weighted by atomic mass is 16.5. The number of carbonyl (C=O) groups is 1. The average Bonchev–Trinajstić information content (AvgIpc) is 2.62. The van der Waals surface area contributed by atoms with Crippen molar-refractivity contribution in [3.8, 4) is 11.5 Å². The molecule has 0 aliphatic carbocycles. The van der Waals surface area contributed by atoms with Gasteiger partial charge in [-0.25, -0.2) is 4.79 Å². The third-order valence-corrected chi connectivity index (χ3v) is 2.74. The second-order valence-electron chi connectivity index (χ2n) is 4.30. The van der Waals surface area contributed by atoms with Crippen LogP contribution in [0.1, 0.15) is 12.0 Å². The number of hydrogen-bond donors (Lipinski definition) is 3. The number of urea groups is 1. The van der Waals surface area contributed by atoms with Gasteiger partial charge >= 0.3 is 6.03 Å². The molecule has 1 aromatic rings. The molecule has 0 fully saturated rings. The minimum absolute atomic E-state index is 0.502. The standard InChI is InChI=1S/C13H19N3O3/c14-13(17)16-5-4-15-9-10-2-3-11-12(8-10)19-7-1-6-18-11/h2-3,8,15H,1,4-7,9H2,(H3,14,16,17). The molecule has 0 spiro atoms. The Balaban J connectivity index is 1.81. The molecule has 0 radical (unpaired) electrons. The molecule has 0 saturated heterocycles. The SMILES string of the molecule is NC(=O)NCCNCc1ccc2c(c1)OCCCO2. The Kier molecular flexibility index (Phi) is 4.85. The Morgan fingerprint density at radius 3 is 2.79 bits per heavy atom. The topological polar surface area (TPSA) is 85.6 Å². The maximum absolute atomic E-state index is 10.5. The molecule has 0 aromatic heterocycles. The molecule has 4 N–H and O–H groups in total. The van der Waals surface area contributed by atoms with Crippen LogP contribution in [0.2, 0.25) is 0 Å². The Hall–Kier alpha value is -1.95. The highest BCUT2D eigenvalue weighted by molar-refractivity contribution is 5.71. The number of fused-ring (bicyclic) bond motifs is 1. The Bertz CT molecular complexity index is 437. The van der Waals surface area contributed by atoms with Crippen LogP contribution < -0.4 is 25.8 Å². The van der Waals surface area contributed by atoms with Gasteiger partial charge in [0.15, 0.2) is 11.5 Å². The third kappa shape index (κ3) is 4.33. The van der Waals surface area contributed by atoms with Crippen molar-refractivity contribution < 1.29 is 14.3 Å². The highest BCUT2D eigenvalue weighted by Gasteiger charge is 2.10. The molecule has 1 heterocycles. The van der Waals surface area contributed by atoms with Crippen molar-refractivity contribution in [2.24, 2.45) is 5.73 Å². The van der Waals surface area contributed by atoms with E-state index in [9.17, 15) is 4.79 Å². The summed E-state index contributed by atoms with van der Waals surface area (Å²) >= 11 is 0. The predicted molar refractivity (Wildman–Crippen MR) is 71.3 cm³/mol. The fraction of sp³-hybridized carbons (Fsp3) is 0.462. The van der Waals surface area contributed by atoms with Gasteiger partial charge in [-0.05, 0) is 17.7 Å². The van der Waals surface area contributed by atoms with Gasteiger partial charge in [-0.3, -0.25) is 0 Å². The molecule has 1 aliphatic heterocycles. The monoisotopic (exact) mass is 265 g/mol. The smallest absolute Gasteiger partial charge is 0.312 e. The lowest BCUT2D eigenvalue weighted by Crippen LogP contribution is -2.35. The number of hydrogen-bond acceptors (Lipinski definition) is 4. The van der Waals surface area contributed by atoms with Gasteiger partial charge in [0.25, 0.3) is 0 Å². The van der Waals surface area contributed by atoms with Crippen LogP contribution in [0.3, 0.4) is 0 Å². The summed E-state index contributed by atoms with van der Waals surface area (Å²) in [6, 6.07) is 5.41. The number of rotatable bonds is 5. The summed E-state index contributed by atoms with van der Waals surface area (Å²) in [6.07, 6.45) is 0.904. The van der Waals surface area contributed by atoms with Gasteiger partial charge < -0.3 is 25.8 Å². The zero-order valence-corrected chi connectivity index (χ0v) is 10.8. The second-order valence-corrected chi connectivity index (χ2v) is 4.30. The first-order valence-electron chi connectivity index (χ1n) is 6.38. The maximum atomic E-state index is 10.5. The molecule has 0 atom stereocenters. The molecule has 6 nitrogen and oxygen atoms in total. The van der Waals surface area contributed by atoms with Crippen LogP contribution in [-0.2, 0) is 6.54 Å². The first-order chi connectivity index (χ1) is 9.25. The van der Waals surface area contributed by atoms with Crippen molar-refractivity contribution in [3.63, 3.8) is 0 Å². The van der Waals surface area contributed by atoms with Gasteiger partial charge in [-0.15, -0.1) is 0 Å². The molecule has 0 unspecified atom stereocenters. The molecular weight excluding hydrogens is 246 g/mol. The summed E-state index contributed by atoms with van der Waals surface area (Å²) in [6.45, 7) is 3.27. The predicted octanol–water partition coefficient (Wildman–Crippen LogP) is 0.606. The lowest BCUT2D eigenvalue weighted by molar-refractivity contribution is 0.249. The van der Waals surface area contributed by atoms with E-state index >= 15 is 0 Å². The quantitative estimate of drug-likeness (QED) is 0.681. The Morgan fingerprint density at radius 1 is 1.21 bits per heavy atom. The van der Waals surface area contributed by atoms with E-state index in [2.05, 4.69) is 10.6 Å². The van der Waals surface area contributed by atoms with Gasteiger partial charge in [0.2, 0.25) is 0 Å². The number of ether oxygens (including phenoxy) is 2. The van der Waals surface area contributed by atoms with E-state index < -0.39 is 6.03 Å². The molecular formula is C13H19N3O3. The van der Waals surface area contributed by atoms with Crippen LogP contribution in [0.15, 0.2) is 18.2 Å². The minimum atomic E-state index is -0.502. The molecule has 1 aliphatic rings. The Labute approximate surface area is 112 Å². The van der Waals surface area contributed by atoms with Crippen molar-refractivity contribution >= 4 is 6.03 Å². The number of amides is 2. The molecule has 19 heavy (non-hydrogen) atoms. The number of nitrogens with one attached hydrogen (secondary N) is 2. The average molecular weight is 265 g/mol. The van der Waals surface area contributed by atoms with Crippen LogP contribution in [0.25, 0.3) is 0 Å². The summed E-state index contributed by atoms with van der Waals surface area (Å²) in [4.78, 5) is 10.5. The zero-order valence-electron chi connectivity index (χ0n) is 10.8. The van der Waals surface area contributed by atoms with Crippen LogP contribution in [0.4, 0.5) is 4.79 Å². The van der Waals surface area contributed by atoms with Crippen molar-refractivity contribution in [2.75, 3.05) is 26.3 Å². The minimum Gasteiger partial charge on any atom is -0.490 e. The lowest BCUT2D eigenvalue weighted by Gasteiger charge is -2.10. The molecule has 104 valence electrons. The van der Waals surface area contributed by atoms with Gasteiger partial charge in [-0.2, -0.15) is 0 Å². The van der Waals surface area contributed by atoms with Crippen LogP contribution in [-0.4, -0.2) is 32.3 Å². The summed E-state index contributed by atoms with van der Waals surface area (Å²) < 4.78 is 11.2. The van der Waals surface area contributed by atoms with Gasteiger partial charge in [-0.1, -0.05) is 6.07 Å². The lowest BCUT2D eigenvalue weighted by atomic mass is 10.2. The molecule has 1 aromatic carbocycles. The van der Waals surface area contributed by atoms with Crippen molar-refractivity contribution in [3.05, 3.63) is 23.8 Å². The van der Waals surface area contributed by atoms with Gasteiger partial charge in [0.1, 0.15) is 0 Å². The highest BCUT2D eigenvalue weighted by Crippen LogP contribution is 2.30. The Morgan fingerprint density at radius 2 is 2.00 bits per heavy atom. The van der Waals surface area contributed by atoms with E-state index in [0.717, 1.165) is 23.5 Å². The summed E-state index contributed by atoms with van der Waals surface area (Å²) in [7, 11) is 0. The molecule has 2 rings (SSSR count). The molecule has 2 amide bonds. The van der Waals surface area contributed by atoms with Crippen LogP contribution in [0.5, 0.6) is 11.5 Å². The first kappa shape index (κ1) is 13.5. The van der Waals surface area contributed by atoms with Crippen LogP contribution >= 0.6 is 0 Å². The third-order valence-electron chi connectivity index (χ3n) is 2.74. The zero-order chi connectivity index (χ0) is 13.5. The fourth-order valence-corrected chi connectivity index (χ4v) is 1.82. The van der Waals surface area contributed by atoms with Gasteiger partial charge in [0.05, 0.1) is 13.2 Å². The van der Waals surface area contributed by atoms with Crippen molar-refractivity contribution in [2.45, 2.75) is 13.0 Å². The van der Waals surface area contributed by atoms with E-state index in [0.29, 0.717) is 32.8 Å². The first-order valence-corrected chi connectivity index (χ1v) is 6.38. The summed E-state index contributed by atoms with van der Waals surface area (Å²) in [5.41, 5.74) is 6.08. The van der Waals surface area contributed by atoms with E-state index in [1.807, 2.05) is 18.2 Å². The molecule has 0 bridgehead atoms. The van der Waals surface area contributed by atoms with E-state index in [1.54, 1.807) is 0 Å². The summed E-state index contributed by atoms with van der Waals surface area (Å²) in [5, 5.41) is 5.73.